The zero-order valence-electron chi connectivity index (χ0n) is 9.40. The van der Waals surface area contributed by atoms with Crippen LogP contribution in [-0.4, -0.2) is 30.8 Å². The molecule has 0 heterocycles. The van der Waals surface area contributed by atoms with E-state index in [0.717, 1.165) is 12.2 Å². The van der Waals surface area contributed by atoms with Gasteiger partial charge in [-0.05, 0) is 30.8 Å². The van der Waals surface area contributed by atoms with Crippen molar-refractivity contribution in [3.05, 3.63) is 29.8 Å². The third-order valence-electron chi connectivity index (χ3n) is 2.19. The van der Waals surface area contributed by atoms with E-state index in [1.807, 2.05) is 19.1 Å². The Morgan fingerprint density at radius 3 is 2.56 bits per heavy atom. The molecule has 1 atom stereocenters. The van der Waals surface area contributed by atoms with Crippen molar-refractivity contribution >= 4 is 5.69 Å². The number of nitrogens with one attached hydrogen (secondary N) is 2. The van der Waals surface area contributed by atoms with Crippen molar-refractivity contribution < 1.29 is 5.11 Å². The van der Waals surface area contributed by atoms with Crippen molar-refractivity contribution in [1.82, 2.24) is 5.32 Å². The zero-order valence-corrected chi connectivity index (χ0v) is 9.40. The van der Waals surface area contributed by atoms with E-state index in [-0.39, 0.29) is 0 Å². The van der Waals surface area contributed by atoms with Crippen LogP contribution in [0.5, 0.6) is 0 Å². The smallest absolute Gasteiger partial charge is 0.0991 e. The summed E-state index contributed by atoms with van der Waals surface area (Å²) in [5.41, 5.74) is 1.55. The van der Waals surface area contributed by atoms with Gasteiger partial charge in [-0.25, -0.2) is 0 Å². The molecule has 0 saturated heterocycles. The molecule has 0 aliphatic rings. The van der Waals surface area contributed by atoms with Gasteiger partial charge in [-0.1, -0.05) is 6.92 Å². The fourth-order valence-corrected chi connectivity index (χ4v) is 1.28. The van der Waals surface area contributed by atoms with Gasteiger partial charge < -0.3 is 15.7 Å². The number of nitriles is 1. The second-order valence-corrected chi connectivity index (χ2v) is 3.53. The lowest BCUT2D eigenvalue weighted by Crippen LogP contribution is -2.32. The summed E-state index contributed by atoms with van der Waals surface area (Å²) in [5, 5.41) is 24.4. The summed E-state index contributed by atoms with van der Waals surface area (Å²) in [5.74, 6) is 0. The van der Waals surface area contributed by atoms with Gasteiger partial charge in [-0.2, -0.15) is 5.26 Å². The SMILES string of the molecule is CCNCC(O)CNc1ccc(C#N)cc1. The molecule has 4 nitrogen and oxygen atoms in total. The molecule has 0 aromatic heterocycles. The molecule has 86 valence electrons. The van der Waals surface area contributed by atoms with Crippen LogP contribution in [0.25, 0.3) is 0 Å². The number of aliphatic hydroxyl groups is 1. The van der Waals surface area contributed by atoms with Crippen LogP contribution in [0.3, 0.4) is 0 Å². The van der Waals surface area contributed by atoms with Crippen LogP contribution in [-0.2, 0) is 0 Å². The molecule has 0 fully saturated rings. The van der Waals surface area contributed by atoms with Gasteiger partial charge >= 0.3 is 0 Å². The maximum atomic E-state index is 9.57. The molecule has 1 unspecified atom stereocenters. The van der Waals surface area contributed by atoms with Gasteiger partial charge in [-0.3, -0.25) is 0 Å². The molecule has 16 heavy (non-hydrogen) atoms. The van der Waals surface area contributed by atoms with Crippen LogP contribution in [0.1, 0.15) is 12.5 Å². The Morgan fingerprint density at radius 2 is 2.00 bits per heavy atom. The number of hydrogen-bond donors (Lipinski definition) is 3. The maximum absolute atomic E-state index is 9.57. The van der Waals surface area contributed by atoms with Crippen molar-refractivity contribution in [1.29, 1.82) is 5.26 Å². The summed E-state index contributed by atoms with van der Waals surface area (Å²) in [6.45, 7) is 3.94. The molecule has 3 N–H and O–H groups in total. The molecule has 1 aromatic carbocycles. The fraction of sp³-hybridized carbons (Fsp3) is 0.417. The topological polar surface area (TPSA) is 68.1 Å². The molecule has 0 bridgehead atoms. The highest BCUT2D eigenvalue weighted by Gasteiger charge is 2.02. The van der Waals surface area contributed by atoms with Crippen molar-refractivity contribution in [2.75, 3.05) is 25.0 Å². The molecule has 0 aliphatic carbocycles. The molecule has 0 aliphatic heterocycles. The second-order valence-electron chi connectivity index (χ2n) is 3.53. The van der Waals surface area contributed by atoms with Gasteiger partial charge in [-0.15, -0.1) is 0 Å². The van der Waals surface area contributed by atoms with Crippen LogP contribution < -0.4 is 10.6 Å². The fourth-order valence-electron chi connectivity index (χ4n) is 1.28. The van der Waals surface area contributed by atoms with E-state index < -0.39 is 6.10 Å². The molecule has 4 heteroatoms. The van der Waals surface area contributed by atoms with Gasteiger partial charge in [0.15, 0.2) is 0 Å². The van der Waals surface area contributed by atoms with Crippen molar-refractivity contribution in [2.24, 2.45) is 0 Å². The maximum Gasteiger partial charge on any atom is 0.0991 e. The predicted octanol–water partition coefficient (Wildman–Crippen LogP) is 0.941. The van der Waals surface area contributed by atoms with E-state index in [1.165, 1.54) is 0 Å². The van der Waals surface area contributed by atoms with E-state index in [1.54, 1.807) is 12.1 Å². The predicted molar refractivity (Wildman–Crippen MR) is 64.2 cm³/mol. The van der Waals surface area contributed by atoms with Crippen LogP contribution >= 0.6 is 0 Å². The Morgan fingerprint density at radius 1 is 1.31 bits per heavy atom. The standard InChI is InChI=1S/C12H17N3O/c1-2-14-8-12(16)9-15-11-5-3-10(7-13)4-6-11/h3-6,12,14-16H,2,8-9H2,1H3. The second kappa shape index (κ2) is 6.83. The van der Waals surface area contributed by atoms with Crippen LogP contribution in [0.2, 0.25) is 0 Å². The minimum absolute atomic E-state index is 0.407. The molecule has 0 spiro atoms. The van der Waals surface area contributed by atoms with E-state index in [2.05, 4.69) is 16.7 Å². The van der Waals surface area contributed by atoms with E-state index in [4.69, 9.17) is 5.26 Å². The Hall–Kier alpha value is -1.57. The molecular weight excluding hydrogens is 202 g/mol. The first-order chi connectivity index (χ1) is 7.76. The van der Waals surface area contributed by atoms with E-state index in [9.17, 15) is 5.11 Å². The first-order valence-corrected chi connectivity index (χ1v) is 5.39. The Balaban J connectivity index is 2.34. The first kappa shape index (κ1) is 12.5. The molecule has 0 amide bonds. The van der Waals surface area contributed by atoms with Crippen molar-refractivity contribution in [3.8, 4) is 6.07 Å². The Labute approximate surface area is 95.9 Å². The summed E-state index contributed by atoms with van der Waals surface area (Å²) in [6.07, 6.45) is -0.407. The van der Waals surface area contributed by atoms with Crippen LogP contribution in [0, 0.1) is 11.3 Å². The lowest BCUT2D eigenvalue weighted by atomic mass is 10.2. The number of benzene rings is 1. The molecule has 1 rings (SSSR count). The quantitative estimate of drug-likeness (QED) is 0.666. The van der Waals surface area contributed by atoms with Crippen LogP contribution in [0.15, 0.2) is 24.3 Å². The van der Waals surface area contributed by atoms with Gasteiger partial charge in [0.1, 0.15) is 0 Å². The summed E-state index contributed by atoms with van der Waals surface area (Å²) >= 11 is 0. The number of aliphatic hydroxyl groups excluding tert-OH is 1. The summed E-state index contributed by atoms with van der Waals surface area (Å²) in [4.78, 5) is 0. The number of anilines is 1. The summed E-state index contributed by atoms with van der Waals surface area (Å²) in [6, 6.07) is 9.22. The Kier molecular flexibility index (Phi) is 5.34. The average Bonchev–Trinajstić information content (AvgIpc) is 2.34. The summed E-state index contributed by atoms with van der Waals surface area (Å²) < 4.78 is 0. The minimum atomic E-state index is -0.407. The zero-order chi connectivity index (χ0) is 11.8. The largest absolute Gasteiger partial charge is 0.390 e. The molecule has 0 radical (unpaired) electrons. The van der Waals surface area contributed by atoms with Gasteiger partial charge in [0.25, 0.3) is 0 Å². The number of hydrogen-bond acceptors (Lipinski definition) is 4. The lowest BCUT2D eigenvalue weighted by molar-refractivity contribution is 0.185. The number of rotatable bonds is 6. The summed E-state index contributed by atoms with van der Waals surface area (Å²) in [7, 11) is 0. The third-order valence-corrected chi connectivity index (χ3v) is 2.19. The first-order valence-electron chi connectivity index (χ1n) is 5.39. The van der Waals surface area contributed by atoms with E-state index >= 15 is 0 Å². The Bertz CT molecular complexity index is 342. The van der Waals surface area contributed by atoms with Gasteiger partial charge in [0.05, 0.1) is 17.7 Å². The minimum Gasteiger partial charge on any atom is -0.390 e. The van der Waals surface area contributed by atoms with Crippen molar-refractivity contribution in [3.63, 3.8) is 0 Å². The van der Waals surface area contributed by atoms with Crippen LogP contribution in [0.4, 0.5) is 5.69 Å². The highest BCUT2D eigenvalue weighted by atomic mass is 16.3. The number of nitrogens with zero attached hydrogens (tertiary/aromatic N) is 1. The average molecular weight is 219 g/mol. The van der Waals surface area contributed by atoms with Crippen molar-refractivity contribution in [2.45, 2.75) is 13.0 Å². The van der Waals surface area contributed by atoms with Gasteiger partial charge in [0, 0.05) is 18.8 Å². The lowest BCUT2D eigenvalue weighted by Gasteiger charge is -2.12. The molecular formula is C12H17N3O. The normalized spacial score (nSPS) is 11.8. The molecule has 0 saturated carbocycles. The highest BCUT2D eigenvalue weighted by Crippen LogP contribution is 2.08. The monoisotopic (exact) mass is 219 g/mol. The number of likely N-dealkylation sites (N-methyl/N-ethyl adjacent to an activating group) is 1. The molecule has 1 aromatic rings. The van der Waals surface area contributed by atoms with E-state index in [0.29, 0.717) is 18.7 Å². The van der Waals surface area contributed by atoms with Gasteiger partial charge in [0.2, 0.25) is 0 Å². The third kappa shape index (κ3) is 4.30. The highest BCUT2D eigenvalue weighted by molar-refractivity contribution is 5.47.